The molecule has 3 N–H and O–H groups in total. The summed E-state index contributed by atoms with van der Waals surface area (Å²) in [6.07, 6.45) is 2.46. The minimum Gasteiger partial charge on any atom is -0.399 e. The number of carbonyl (C=O) groups excluding carboxylic acids is 1. The van der Waals surface area contributed by atoms with Gasteiger partial charge >= 0.3 is 0 Å². The first-order valence-corrected chi connectivity index (χ1v) is 12.2. The fourth-order valence-corrected chi connectivity index (χ4v) is 5.47. The summed E-state index contributed by atoms with van der Waals surface area (Å²) in [5, 5.41) is 3.45. The van der Waals surface area contributed by atoms with Crippen LogP contribution in [0.3, 0.4) is 0 Å². The van der Waals surface area contributed by atoms with E-state index in [1.165, 1.54) is 18.3 Å². The molecule has 1 amide bonds. The van der Waals surface area contributed by atoms with Crippen molar-refractivity contribution in [2.75, 3.05) is 32.7 Å². The number of nitrogens with one attached hydrogen (secondary N) is 1. The Bertz CT molecular complexity index is 999. The predicted molar refractivity (Wildman–Crippen MR) is 131 cm³/mol. The minimum absolute atomic E-state index is 0.0280. The summed E-state index contributed by atoms with van der Waals surface area (Å²) >= 11 is 5.88. The van der Waals surface area contributed by atoms with Crippen LogP contribution in [0.1, 0.15) is 37.7 Å². The third-order valence-corrected chi connectivity index (χ3v) is 7.42. The standard InChI is InChI=1S/C25H32ClF2N5O/c1-3-30-24(21-15(2)13-19(28)23(21)29)32-9-11-33(12-10-32)25(34)22(20-5-4-8-31-20)16-6-7-17(26)18(27)14-16/h3,6-7,14-15,19-20,22,31H,1,4-5,8-13,29H2,2H3/b30-24+/t15?,19-,20-,22-/m0/s1. The van der Waals surface area contributed by atoms with Gasteiger partial charge in [-0.05, 0) is 49.4 Å². The first-order valence-electron chi connectivity index (χ1n) is 11.9. The molecule has 1 unspecified atom stereocenters. The SMILES string of the molecule is C=C/N=C(\C1=C(N)[C@@H](F)CC1C)N1CCN(C(=O)[C@@H](c2ccc(Cl)c(F)c2)[C@@H]2CCCN2)CC1. The van der Waals surface area contributed by atoms with Crippen LogP contribution in [-0.2, 0) is 4.79 Å². The first kappa shape index (κ1) is 24.7. The van der Waals surface area contributed by atoms with E-state index in [0.717, 1.165) is 25.0 Å². The van der Waals surface area contributed by atoms with Gasteiger partial charge in [0.2, 0.25) is 5.91 Å². The fraction of sp³-hybridized carbons (Fsp3) is 0.520. The Balaban J connectivity index is 1.51. The number of hydrogen-bond acceptors (Lipinski definition) is 4. The van der Waals surface area contributed by atoms with Gasteiger partial charge in [0.1, 0.15) is 17.8 Å². The van der Waals surface area contributed by atoms with Crippen molar-refractivity contribution >= 4 is 23.3 Å². The van der Waals surface area contributed by atoms with Crippen LogP contribution in [0, 0.1) is 11.7 Å². The van der Waals surface area contributed by atoms with Crippen LogP contribution in [0.2, 0.25) is 5.02 Å². The second-order valence-corrected chi connectivity index (χ2v) is 9.68. The topological polar surface area (TPSA) is 74.0 Å². The highest BCUT2D eigenvalue weighted by molar-refractivity contribution is 6.30. The molecule has 184 valence electrons. The number of piperazine rings is 1. The van der Waals surface area contributed by atoms with Crippen LogP contribution in [0.15, 0.2) is 47.2 Å². The number of carbonyl (C=O) groups is 1. The average molecular weight is 492 g/mol. The molecule has 1 aliphatic carbocycles. The van der Waals surface area contributed by atoms with Crippen molar-refractivity contribution in [3.8, 4) is 0 Å². The zero-order valence-electron chi connectivity index (χ0n) is 19.4. The van der Waals surface area contributed by atoms with Crippen molar-refractivity contribution in [3.05, 3.63) is 58.7 Å². The smallest absolute Gasteiger partial charge is 0.231 e. The van der Waals surface area contributed by atoms with Crippen molar-refractivity contribution < 1.29 is 13.6 Å². The van der Waals surface area contributed by atoms with E-state index < -0.39 is 17.9 Å². The molecular formula is C25H32ClF2N5O. The largest absolute Gasteiger partial charge is 0.399 e. The Hall–Kier alpha value is -2.45. The van der Waals surface area contributed by atoms with E-state index in [4.69, 9.17) is 17.3 Å². The number of benzene rings is 1. The molecule has 4 atom stereocenters. The number of amides is 1. The number of hydrogen-bond donors (Lipinski definition) is 2. The molecule has 0 aromatic heterocycles. The second kappa shape index (κ2) is 10.4. The van der Waals surface area contributed by atoms with Crippen LogP contribution in [0.4, 0.5) is 8.78 Å². The Morgan fingerprint density at radius 3 is 2.59 bits per heavy atom. The lowest BCUT2D eigenvalue weighted by Gasteiger charge is -2.39. The molecule has 2 fully saturated rings. The van der Waals surface area contributed by atoms with E-state index in [2.05, 4.69) is 16.9 Å². The molecule has 34 heavy (non-hydrogen) atoms. The van der Waals surface area contributed by atoms with Gasteiger partial charge in [0, 0.05) is 44.0 Å². The lowest BCUT2D eigenvalue weighted by atomic mass is 9.88. The third kappa shape index (κ3) is 4.84. The van der Waals surface area contributed by atoms with Crippen LogP contribution in [-0.4, -0.2) is 66.5 Å². The summed E-state index contributed by atoms with van der Waals surface area (Å²) in [6, 6.07) is 4.58. The van der Waals surface area contributed by atoms with Gasteiger partial charge in [-0.3, -0.25) is 4.79 Å². The Kier molecular flexibility index (Phi) is 7.57. The third-order valence-electron chi connectivity index (χ3n) is 7.12. The lowest BCUT2D eigenvalue weighted by molar-refractivity contribution is -0.134. The molecule has 9 heteroatoms. The van der Waals surface area contributed by atoms with Gasteiger partial charge in [0.05, 0.1) is 16.6 Å². The molecule has 0 saturated carbocycles. The Morgan fingerprint density at radius 2 is 2.03 bits per heavy atom. The number of nitrogens with two attached hydrogens (primary N) is 1. The maximum Gasteiger partial charge on any atom is 0.231 e. The van der Waals surface area contributed by atoms with Crippen LogP contribution in [0.5, 0.6) is 0 Å². The normalized spacial score (nSPS) is 26.8. The molecule has 2 aliphatic heterocycles. The minimum atomic E-state index is -1.16. The molecule has 6 nitrogen and oxygen atoms in total. The van der Waals surface area contributed by atoms with E-state index in [1.807, 2.05) is 16.7 Å². The average Bonchev–Trinajstić information content (AvgIpc) is 3.43. The van der Waals surface area contributed by atoms with Crippen molar-refractivity contribution in [2.45, 2.75) is 44.3 Å². The van der Waals surface area contributed by atoms with Gasteiger partial charge in [0.25, 0.3) is 0 Å². The number of rotatable bonds is 5. The maximum atomic E-state index is 14.2. The van der Waals surface area contributed by atoms with Crippen LogP contribution < -0.4 is 11.1 Å². The zero-order valence-corrected chi connectivity index (χ0v) is 20.2. The number of alkyl halides is 1. The number of amidine groups is 1. The van der Waals surface area contributed by atoms with Crippen molar-refractivity contribution in [2.24, 2.45) is 16.6 Å². The highest BCUT2D eigenvalue weighted by Gasteiger charge is 2.38. The fourth-order valence-electron chi connectivity index (χ4n) is 5.35. The van der Waals surface area contributed by atoms with Crippen LogP contribution in [0.25, 0.3) is 0 Å². The van der Waals surface area contributed by atoms with Crippen LogP contribution >= 0.6 is 11.6 Å². The predicted octanol–water partition coefficient (Wildman–Crippen LogP) is 3.59. The van der Waals surface area contributed by atoms with E-state index >= 15 is 0 Å². The molecule has 3 aliphatic rings. The molecule has 1 aromatic carbocycles. The van der Waals surface area contributed by atoms with Crippen molar-refractivity contribution in [3.63, 3.8) is 0 Å². The van der Waals surface area contributed by atoms with E-state index in [9.17, 15) is 13.6 Å². The monoisotopic (exact) mass is 491 g/mol. The quantitative estimate of drug-likeness (QED) is 0.487. The molecular weight excluding hydrogens is 460 g/mol. The maximum absolute atomic E-state index is 14.2. The molecule has 4 rings (SSSR count). The molecule has 0 bridgehead atoms. The first-order chi connectivity index (χ1) is 16.3. The van der Waals surface area contributed by atoms with Gasteiger partial charge in [0.15, 0.2) is 0 Å². The lowest BCUT2D eigenvalue weighted by Crippen LogP contribution is -2.53. The number of nitrogens with zero attached hydrogens (tertiary/aromatic N) is 3. The van der Waals surface area contributed by atoms with Crippen molar-refractivity contribution in [1.82, 2.24) is 15.1 Å². The van der Waals surface area contributed by atoms with Gasteiger partial charge < -0.3 is 20.9 Å². The van der Waals surface area contributed by atoms with Gasteiger partial charge in [-0.25, -0.2) is 13.8 Å². The van der Waals surface area contributed by atoms with Gasteiger partial charge in [-0.2, -0.15) is 0 Å². The van der Waals surface area contributed by atoms with Gasteiger partial charge in [-0.15, -0.1) is 0 Å². The highest BCUT2D eigenvalue weighted by Crippen LogP contribution is 2.34. The van der Waals surface area contributed by atoms with E-state index in [0.29, 0.717) is 44.0 Å². The summed E-state index contributed by atoms with van der Waals surface area (Å²) in [5.41, 5.74) is 7.68. The second-order valence-electron chi connectivity index (χ2n) is 9.27. The van der Waals surface area contributed by atoms with Gasteiger partial charge in [-0.1, -0.05) is 31.2 Å². The molecule has 0 radical (unpaired) electrons. The highest BCUT2D eigenvalue weighted by atomic mass is 35.5. The summed E-state index contributed by atoms with van der Waals surface area (Å²) in [7, 11) is 0. The molecule has 1 aromatic rings. The van der Waals surface area contributed by atoms with Crippen molar-refractivity contribution in [1.29, 1.82) is 0 Å². The summed E-state index contributed by atoms with van der Waals surface area (Å²) in [4.78, 5) is 22.0. The molecule has 2 heterocycles. The number of aliphatic imine (C=N–C) groups is 1. The summed E-state index contributed by atoms with van der Waals surface area (Å²) in [5.74, 6) is -0.429. The summed E-state index contributed by atoms with van der Waals surface area (Å²) in [6.45, 7) is 8.54. The van der Waals surface area contributed by atoms with E-state index in [-0.39, 0.29) is 28.6 Å². The number of allylic oxidation sites excluding steroid dienone is 1. The Morgan fingerprint density at radius 1 is 1.32 bits per heavy atom. The molecule has 2 saturated heterocycles. The zero-order chi connectivity index (χ0) is 24.4. The summed E-state index contributed by atoms with van der Waals surface area (Å²) < 4.78 is 28.5. The number of halogens is 3. The molecule has 0 spiro atoms. The van der Waals surface area contributed by atoms with E-state index in [1.54, 1.807) is 6.07 Å². The Labute approximate surface area is 204 Å².